The minimum Gasteiger partial charge on any atom is -0.467 e. The monoisotopic (exact) mass is 469 g/mol. The summed E-state index contributed by atoms with van der Waals surface area (Å²) < 4.78 is 37.9. The van der Waals surface area contributed by atoms with Gasteiger partial charge in [0.15, 0.2) is 11.6 Å². The van der Waals surface area contributed by atoms with Crippen molar-refractivity contribution in [2.75, 3.05) is 13.7 Å². The molecule has 4 aromatic rings. The zero-order valence-corrected chi connectivity index (χ0v) is 18.9. The molecule has 0 radical (unpaired) electrons. The van der Waals surface area contributed by atoms with Gasteiger partial charge in [0.2, 0.25) is 0 Å². The maximum absolute atomic E-state index is 13.6. The van der Waals surface area contributed by atoms with Gasteiger partial charge in [0.05, 0.1) is 18.3 Å². The average molecular weight is 469 g/mol. The number of methoxy groups -OCH3 is 1. The van der Waals surface area contributed by atoms with Crippen LogP contribution >= 0.6 is 0 Å². The fraction of sp³-hybridized carbons (Fsp3) is 0.103. The molecule has 5 rings (SSSR count). The van der Waals surface area contributed by atoms with Crippen molar-refractivity contribution in [3.63, 3.8) is 0 Å². The number of carbonyl (C=O) groups is 1. The number of ether oxygens (including phenoxy) is 2. The minimum atomic E-state index is -0.928. The highest BCUT2D eigenvalue weighted by Gasteiger charge is 2.23. The largest absolute Gasteiger partial charge is 0.467 e. The second-order valence-corrected chi connectivity index (χ2v) is 8.15. The molecule has 0 saturated heterocycles. The van der Waals surface area contributed by atoms with Crippen LogP contribution in [0.1, 0.15) is 39.6 Å². The lowest BCUT2D eigenvalue weighted by Crippen LogP contribution is -2.16. The Morgan fingerprint density at radius 3 is 2.51 bits per heavy atom. The Bertz CT molecular complexity index is 1490. The fourth-order valence-electron chi connectivity index (χ4n) is 4.12. The Labute approximate surface area is 201 Å². The molecule has 0 bridgehead atoms. The first-order chi connectivity index (χ1) is 17.0. The number of carbonyl (C=O) groups excluding carboxylic acids is 1. The van der Waals surface area contributed by atoms with Gasteiger partial charge in [-0.15, -0.1) is 0 Å². The number of hydrogen-bond acceptors (Lipinski definition) is 4. The molecule has 1 aliphatic carbocycles. The Morgan fingerprint density at radius 2 is 1.69 bits per heavy atom. The molecule has 4 nitrogen and oxygen atoms in total. The molecule has 1 atom stereocenters. The van der Waals surface area contributed by atoms with Gasteiger partial charge in [-0.1, -0.05) is 60.7 Å². The highest BCUT2D eigenvalue weighted by molar-refractivity contribution is 5.82. The lowest BCUT2D eigenvalue weighted by Gasteiger charge is -2.21. The van der Waals surface area contributed by atoms with E-state index in [9.17, 15) is 13.6 Å². The molecule has 1 heterocycles. The first kappa shape index (κ1) is 22.6. The van der Waals surface area contributed by atoms with Gasteiger partial charge < -0.3 is 9.47 Å². The molecule has 0 spiro atoms. The van der Waals surface area contributed by atoms with Crippen LogP contribution in [0.5, 0.6) is 0 Å². The van der Waals surface area contributed by atoms with Crippen molar-refractivity contribution in [2.24, 2.45) is 0 Å². The van der Waals surface area contributed by atoms with E-state index in [1.807, 2.05) is 66.8 Å². The highest BCUT2D eigenvalue weighted by Crippen LogP contribution is 2.36. The predicted octanol–water partition coefficient (Wildman–Crippen LogP) is 6.45. The van der Waals surface area contributed by atoms with Gasteiger partial charge in [-0.3, -0.25) is 0 Å². The summed E-state index contributed by atoms with van der Waals surface area (Å²) in [4.78, 5) is 16.2. The number of esters is 1. The van der Waals surface area contributed by atoms with E-state index in [1.54, 1.807) is 12.1 Å². The maximum atomic E-state index is 13.6. The molecule has 35 heavy (non-hydrogen) atoms. The first-order valence-corrected chi connectivity index (χ1v) is 11.0. The van der Waals surface area contributed by atoms with Gasteiger partial charge in [-0.25, -0.2) is 18.6 Å². The molecule has 0 aliphatic heterocycles. The van der Waals surface area contributed by atoms with Gasteiger partial charge in [0.25, 0.3) is 0 Å². The Balaban J connectivity index is 1.49. The molecule has 0 amide bonds. The normalized spacial score (nSPS) is 14.5. The first-order valence-electron chi connectivity index (χ1n) is 11.0. The van der Waals surface area contributed by atoms with E-state index in [1.165, 1.54) is 7.11 Å². The van der Waals surface area contributed by atoms with Crippen LogP contribution < -0.4 is 0 Å². The lowest BCUT2D eigenvalue weighted by molar-refractivity contribution is -0.147. The lowest BCUT2D eigenvalue weighted by atomic mass is 9.94. The number of pyridine rings is 1. The molecule has 1 aliphatic rings. The smallest absolute Gasteiger partial charge is 0.331 e. The third-order valence-electron chi connectivity index (χ3n) is 5.91. The van der Waals surface area contributed by atoms with Crippen LogP contribution in [-0.2, 0) is 14.3 Å². The van der Waals surface area contributed by atoms with Crippen molar-refractivity contribution in [3.05, 3.63) is 112 Å². The Hall–Kier alpha value is -4.16. The molecular weight excluding hydrogens is 448 g/mol. The molecule has 1 unspecified atom stereocenters. The van der Waals surface area contributed by atoms with Gasteiger partial charge in [0.1, 0.15) is 12.7 Å². The van der Waals surface area contributed by atoms with E-state index in [-0.39, 0.29) is 6.61 Å². The van der Waals surface area contributed by atoms with Crippen LogP contribution in [0.4, 0.5) is 8.78 Å². The van der Waals surface area contributed by atoms with Crippen molar-refractivity contribution >= 4 is 41.2 Å². The molecule has 0 saturated carbocycles. The summed E-state index contributed by atoms with van der Waals surface area (Å²) >= 11 is 0. The number of rotatable bonds is 5. The molecule has 174 valence electrons. The fourth-order valence-corrected chi connectivity index (χ4v) is 4.12. The van der Waals surface area contributed by atoms with E-state index in [2.05, 4.69) is 4.98 Å². The van der Waals surface area contributed by atoms with Crippen molar-refractivity contribution < 1.29 is 23.0 Å². The number of hydrogen-bond donors (Lipinski definition) is 0. The van der Waals surface area contributed by atoms with Gasteiger partial charge in [0, 0.05) is 11.5 Å². The van der Waals surface area contributed by atoms with Gasteiger partial charge >= 0.3 is 5.97 Å². The minimum absolute atomic E-state index is 0.173. The van der Waals surface area contributed by atoms with Crippen LogP contribution in [0.25, 0.3) is 35.2 Å². The van der Waals surface area contributed by atoms with Gasteiger partial charge in [-0.2, -0.15) is 0 Å². The number of fused-ring (bicyclic) bond motifs is 3. The Kier molecular flexibility index (Phi) is 6.21. The topological polar surface area (TPSA) is 48.4 Å². The third-order valence-corrected chi connectivity index (χ3v) is 5.91. The average Bonchev–Trinajstić information content (AvgIpc) is 3.03. The van der Waals surface area contributed by atoms with Crippen molar-refractivity contribution in [1.82, 2.24) is 4.98 Å². The summed E-state index contributed by atoms with van der Waals surface area (Å²) in [6, 6.07) is 19.6. The predicted molar refractivity (Wildman–Crippen MR) is 132 cm³/mol. The molecule has 6 heteroatoms. The van der Waals surface area contributed by atoms with Gasteiger partial charge in [-0.05, 0) is 52.1 Å². The SMILES string of the molecule is COC(=O)COC1c2ccccc2C=Cc2ccc(C=Cc3ccc4cc(F)c(F)cc4n3)cc21. The molecule has 1 aromatic heterocycles. The van der Waals surface area contributed by atoms with E-state index >= 15 is 0 Å². The third kappa shape index (κ3) is 4.74. The summed E-state index contributed by atoms with van der Waals surface area (Å²) in [6.07, 6.45) is 7.31. The molecular formula is C29H21F2NO3. The standard InChI is InChI=1S/C29H21F2NO3/c1-34-28(33)17-35-29-23-5-3-2-4-19(23)9-10-20-8-6-18(14-24(20)29)7-12-22-13-11-21-15-25(30)26(31)16-27(21)32-22/h2-16,29H,17H2,1H3. The van der Waals surface area contributed by atoms with E-state index in [0.29, 0.717) is 16.6 Å². The molecule has 0 fully saturated rings. The summed E-state index contributed by atoms with van der Waals surface area (Å²) in [5.41, 5.74) is 5.76. The Morgan fingerprint density at radius 1 is 0.914 bits per heavy atom. The zero-order chi connectivity index (χ0) is 24.4. The second-order valence-electron chi connectivity index (χ2n) is 8.15. The van der Waals surface area contributed by atoms with Crippen LogP contribution in [-0.4, -0.2) is 24.7 Å². The zero-order valence-electron chi connectivity index (χ0n) is 18.9. The van der Waals surface area contributed by atoms with Crippen molar-refractivity contribution in [2.45, 2.75) is 6.10 Å². The van der Waals surface area contributed by atoms with E-state index in [4.69, 9.17) is 9.47 Å². The summed E-state index contributed by atoms with van der Waals surface area (Å²) in [7, 11) is 1.33. The molecule has 0 N–H and O–H groups in total. The van der Waals surface area contributed by atoms with Crippen molar-refractivity contribution in [1.29, 1.82) is 0 Å². The van der Waals surface area contributed by atoms with Crippen molar-refractivity contribution in [3.8, 4) is 0 Å². The van der Waals surface area contributed by atoms with Crippen LogP contribution in [0, 0.1) is 11.6 Å². The van der Waals surface area contributed by atoms with Crippen LogP contribution in [0.15, 0.2) is 66.7 Å². The molecule has 3 aromatic carbocycles. The van der Waals surface area contributed by atoms with E-state index < -0.39 is 23.7 Å². The number of benzene rings is 3. The number of nitrogens with zero attached hydrogens (tertiary/aromatic N) is 1. The summed E-state index contributed by atoms with van der Waals surface area (Å²) in [5.74, 6) is -2.27. The summed E-state index contributed by atoms with van der Waals surface area (Å²) in [5, 5.41) is 0.530. The quantitative estimate of drug-likeness (QED) is 0.315. The van der Waals surface area contributed by atoms with E-state index in [0.717, 1.165) is 39.9 Å². The number of aromatic nitrogens is 1. The van der Waals surface area contributed by atoms with Crippen LogP contribution in [0.2, 0.25) is 0 Å². The second kappa shape index (κ2) is 9.60. The highest BCUT2D eigenvalue weighted by atomic mass is 19.2. The van der Waals surface area contributed by atoms with Crippen LogP contribution in [0.3, 0.4) is 0 Å². The number of halogens is 2. The maximum Gasteiger partial charge on any atom is 0.331 e. The summed E-state index contributed by atoms with van der Waals surface area (Å²) in [6.45, 7) is -0.173.